The van der Waals surface area contributed by atoms with Gasteiger partial charge in [-0.3, -0.25) is 0 Å². The van der Waals surface area contributed by atoms with Crippen molar-refractivity contribution >= 4 is 21.9 Å². The minimum Gasteiger partial charge on any atom is -0.455 e. The van der Waals surface area contributed by atoms with Crippen molar-refractivity contribution in [3.05, 3.63) is 64.8 Å². The average Bonchev–Trinajstić information content (AvgIpc) is 2.98. The molecule has 0 unspecified atom stereocenters. The van der Waals surface area contributed by atoms with Gasteiger partial charge in [-0.1, -0.05) is 44.2 Å². The number of pyridine rings is 1. The predicted molar refractivity (Wildman–Crippen MR) is 113 cm³/mol. The van der Waals surface area contributed by atoms with Crippen LogP contribution in [0.5, 0.6) is 0 Å². The molecular formula is C25H28NO+. The maximum atomic E-state index is 6.44. The van der Waals surface area contributed by atoms with E-state index in [1.165, 1.54) is 44.3 Å². The van der Waals surface area contributed by atoms with Crippen molar-refractivity contribution in [1.29, 1.82) is 0 Å². The summed E-state index contributed by atoms with van der Waals surface area (Å²) >= 11 is 0. The first-order valence-corrected chi connectivity index (χ1v) is 9.77. The fraction of sp³-hybridized carbons (Fsp3) is 0.320. The molecule has 2 heterocycles. The third kappa shape index (κ3) is 2.93. The zero-order valence-corrected chi connectivity index (χ0v) is 17.2. The summed E-state index contributed by atoms with van der Waals surface area (Å²) in [6.45, 7) is 11.1. The quantitative estimate of drug-likeness (QED) is 0.398. The molecule has 0 atom stereocenters. The Balaban J connectivity index is 2.06. The molecule has 4 aromatic rings. The lowest BCUT2D eigenvalue weighted by Gasteiger charge is -2.11. The molecule has 0 bridgehead atoms. The minimum absolute atomic E-state index is 0.634. The van der Waals surface area contributed by atoms with Crippen molar-refractivity contribution in [2.75, 3.05) is 0 Å². The first-order valence-electron chi connectivity index (χ1n) is 9.77. The van der Waals surface area contributed by atoms with Crippen molar-refractivity contribution in [2.45, 2.75) is 41.0 Å². The Morgan fingerprint density at radius 3 is 2.37 bits per heavy atom. The fourth-order valence-electron chi connectivity index (χ4n) is 4.15. The Bertz CT molecular complexity index is 1160. The van der Waals surface area contributed by atoms with Crippen LogP contribution in [-0.2, 0) is 13.5 Å². The maximum absolute atomic E-state index is 6.44. The van der Waals surface area contributed by atoms with Gasteiger partial charge in [0.2, 0.25) is 5.69 Å². The topological polar surface area (TPSA) is 17.0 Å². The second kappa shape index (κ2) is 6.53. The van der Waals surface area contributed by atoms with Crippen LogP contribution in [0.25, 0.3) is 33.2 Å². The van der Waals surface area contributed by atoms with Crippen LogP contribution >= 0.6 is 0 Å². The molecule has 2 nitrogen and oxygen atoms in total. The van der Waals surface area contributed by atoms with E-state index in [2.05, 4.69) is 88.8 Å². The summed E-state index contributed by atoms with van der Waals surface area (Å²) in [5, 5.41) is 2.39. The van der Waals surface area contributed by atoms with Crippen LogP contribution in [-0.4, -0.2) is 0 Å². The molecule has 0 N–H and O–H groups in total. The largest absolute Gasteiger partial charge is 0.455 e. The van der Waals surface area contributed by atoms with Crippen LogP contribution in [0.3, 0.4) is 0 Å². The maximum Gasteiger partial charge on any atom is 0.216 e. The lowest BCUT2D eigenvalue weighted by atomic mass is 9.95. The van der Waals surface area contributed by atoms with E-state index in [4.69, 9.17) is 4.42 Å². The molecule has 2 heteroatoms. The number of aromatic nitrogens is 1. The molecule has 0 saturated heterocycles. The lowest BCUT2D eigenvalue weighted by Crippen LogP contribution is -2.32. The molecule has 4 rings (SSSR count). The Labute approximate surface area is 161 Å². The van der Waals surface area contributed by atoms with Gasteiger partial charge in [0, 0.05) is 22.4 Å². The second-order valence-electron chi connectivity index (χ2n) is 8.26. The number of hydrogen-bond acceptors (Lipinski definition) is 1. The van der Waals surface area contributed by atoms with Gasteiger partial charge in [-0.25, -0.2) is 4.57 Å². The third-order valence-electron chi connectivity index (χ3n) is 5.54. The molecule has 0 radical (unpaired) electrons. The van der Waals surface area contributed by atoms with Gasteiger partial charge in [-0.15, -0.1) is 0 Å². The number of aryl methyl sites for hydroxylation is 4. The van der Waals surface area contributed by atoms with Gasteiger partial charge >= 0.3 is 0 Å². The molecule has 0 aliphatic heterocycles. The van der Waals surface area contributed by atoms with Gasteiger partial charge in [0.15, 0.2) is 6.20 Å². The number of rotatable bonds is 3. The molecule has 0 spiro atoms. The summed E-state index contributed by atoms with van der Waals surface area (Å²) in [5.74, 6) is 0.634. The van der Waals surface area contributed by atoms with Crippen molar-refractivity contribution in [3.63, 3.8) is 0 Å². The molecule has 2 aromatic carbocycles. The summed E-state index contributed by atoms with van der Waals surface area (Å²) in [4.78, 5) is 0. The molecule has 0 saturated carbocycles. The SMILES string of the molecule is Cc1c[n+](C)c(-c2c(C)ccc3c2oc2c(C)cccc23)cc1CC(C)C. The summed E-state index contributed by atoms with van der Waals surface area (Å²) in [7, 11) is 2.13. The highest BCUT2D eigenvalue weighted by Crippen LogP contribution is 2.38. The average molecular weight is 359 g/mol. The Kier molecular flexibility index (Phi) is 4.30. The number of furan rings is 1. The van der Waals surface area contributed by atoms with Crippen molar-refractivity contribution in [3.8, 4) is 11.3 Å². The minimum atomic E-state index is 0.634. The number of nitrogens with zero attached hydrogens (tertiary/aromatic N) is 1. The molecule has 0 aliphatic carbocycles. The van der Waals surface area contributed by atoms with Gasteiger partial charge in [-0.05, 0) is 49.8 Å². The van der Waals surface area contributed by atoms with Crippen LogP contribution in [0.2, 0.25) is 0 Å². The van der Waals surface area contributed by atoms with E-state index in [1.807, 2.05) is 0 Å². The molecule has 0 amide bonds. The monoisotopic (exact) mass is 358 g/mol. The highest BCUT2D eigenvalue weighted by atomic mass is 16.3. The van der Waals surface area contributed by atoms with Gasteiger partial charge in [-0.2, -0.15) is 0 Å². The number of hydrogen-bond donors (Lipinski definition) is 0. The lowest BCUT2D eigenvalue weighted by molar-refractivity contribution is -0.660. The molecule has 0 fully saturated rings. The highest BCUT2D eigenvalue weighted by molar-refractivity contribution is 6.10. The van der Waals surface area contributed by atoms with Crippen LogP contribution in [0.15, 0.2) is 47.0 Å². The van der Waals surface area contributed by atoms with Crippen molar-refractivity contribution < 1.29 is 8.98 Å². The Morgan fingerprint density at radius 1 is 0.889 bits per heavy atom. The number of fused-ring (bicyclic) bond motifs is 3. The summed E-state index contributed by atoms with van der Waals surface area (Å²) in [6, 6.07) is 13.2. The van der Waals surface area contributed by atoms with Crippen molar-refractivity contribution in [1.82, 2.24) is 0 Å². The highest BCUT2D eigenvalue weighted by Gasteiger charge is 2.22. The smallest absolute Gasteiger partial charge is 0.216 e. The Morgan fingerprint density at radius 2 is 1.63 bits per heavy atom. The van der Waals surface area contributed by atoms with E-state index in [0.717, 1.165) is 17.6 Å². The summed E-state index contributed by atoms with van der Waals surface area (Å²) in [5.41, 5.74) is 9.61. The van der Waals surface area contributed by atoms with E-state index in [1.54, 1.807) is 0 Å². The molecule has 138 valence electrons. The zero-order valence-electron chi connectivity index (χ0n) is 17.2. The third-order valence-corrected chi connectivity index (χ3v) is 5.54. The van der Waals surface area contributed by atoms with Gasteiger partial charge in [0.1, 0.15) is 18.2 Å². The van der Waals surface area contributed by atoms with Crippen LogP contribution in [0, 0.1) is 26.7 Å². The van der Waals surface area contributed by atoms with Crippen LogP contribution < -0.4 is 4.57 Å². The van der Waals surface area contributed by atoms with E-state index in [0.29, 0.717) is 5.92 Å². The van der Waals surface area contributed by atoms with E-state index in [-0.39, 0.29) is 0 Å². The summed E-state index contributed by atoms with van der Waals surface area (Å²) in [6.07, 6.45) is 3.34. The first kappa shape index (κ1) is 17.8. The van der Waals surface area contributed by atoms with E-state index < -0.39 is 0 Å². The Hall–Kier alpha value is -2.61. The standard InChI is InChI=1S/C25H28NO/c1-15(2)12-19-13-22(26(6)14-18(19)5)23-16(3)10-11-21-20-9-7-8-17(4)24(20)27-25(21)23/h7-11,13-15H,12H2,1-6H3/q+1. The van der Waals surface area contributed by atoms with Crippen molar-refractivity contribution in [2.24, 2.45) is 13.0 Å². The number of benzene rings is 2. The molecule has 0 aliphatic rings. The fourth-order valence-corrected chi connectivity index (χ4v) is 4.15. The van der Waals surface area contributed by atoms with Crippen LogP contribution in [0.1, 0.15) is 36.1 Å². The molecule has 27 heavy (non-hydrogen) atoms. The normalized spacial score (nSPS) is 11.8. The van der Waals surface area contributed by atoms with E-state index >= 15 is 0 Å². The number of para-hydroxylation sites is 1. The molecule has 2 aromatic heterocycles. The summed E-state index contributed by atoms with van der Waals surface area (Å²) < 4.78 is 8.68. The van der Waals surface area contributed by atoms with Gasteiger partial charge in [0.05, 0.1) is 5.56 Å². The van der Waals surface area contributed by atoms with Gasteiger partial charge < -0.3 is 4.42 Å². The molecular weight excluding hydrogens is 330 g/mol. The van der Waals surface area contributed by atoms with Gasteiger partial charge in [0.25, 0.3) is 0 Å². The first-order chi connectivity index (χ1) is 12.9. The second-order valence-corrected chi connectivity index (χ2v) is 8.26. The van der Waals surface area contributed by atoms with E-state index in [9.17, 15) is 0 Å². The predicted octanol–water partition coefficient (Wildman–Crippen LogP) is 6.20. The van der Waals surface area contributed by atoms with Crippen LogP contribution in [0.4, 0.5) is 0 Å². The zero-order chi connectivity index (χ0) is 19.3.